The first-order valence-electron chi connectivity index (χ1n) is 7.95. The monoisotopic (exact) mass is 421 g/mol. The number of nitrogens with zero attached hydrogens (tertiary/aromatic N) is 1. The maximum Gasteiger partial charge on any atom is 0.329 e. The summed E-state index contributed by atoms with van der Waals surface area (Å²) in [5, 5.41) is 6.74. The highest BCUT2D eigenvalue weighted by Gasteiger charge is 2.13. The molecule has 0 bridgehead atoms. The average Bonchev–Trinajstić information content (AvgIpc) is 2.69. The van der Waals surface area contributed by atoms with Crippen molar-refractivity contribution in [3.8, 4) is 11.5 Å². The first kappa shape index (κ1) is 21.3. The van der Waals surface area contributed by atoms with Gasteiger partial charge in [-0.25, -0.2) is 5.43 Å². The van der Waals surface area contributed by atoms with Crippen LogP contribution in [0.3, 0.4) is 0 Å². The molecule has 0 saturated carbocycles. The average molecular weight is 422 g/mol. The summed E-state index contributed by atoms with van der Waals surface area (Å²) in [6.45, 7) is 3.92. The molecule has 146 valence electrons. The van der Waals surface area contributed by atoms with E-state index < -0.39 is 11.8 Å². The van der Waals surface area contributed by atoms with Gasteiger partial charge in [0.05, 0.1) is 23.4 Å². The number of benzene rings is 2. The van der Waals surface area contributed by atoms with E-state index in [9.17, 15) is 9.59 Å². The van der Waals surface area contributed by atoms with Crippen molar-refractivity contribution in [2.24, 2.45) is 5.10 Å². The molecule has 0 unspecified atom stereocenters. The van der Waals surface area contributed by atoms with E-state index in [2.05, 4.69) is 22.4 Å². The van der Waals surface area contributed by atoms with Crippen molar-refractivity contribution < 1.29 is 19.1 Å². The summed E-state index contributed by atoms with van der Waals surface area (Å²) in [5.41, 5.74) is 3.10. The Labute approximate surface area is 171 Å². The van der Waals surface area contributed by atoms with E-state index in [0.717, 1.165) is 0 Å². The van der Waals surface area contributed by atoms with Crippen LogP contribution in [-0.2, 0) is 9.59 Å². The molecule has 28 heavy (non-hydrogen) atoms. The Morgan fingerprint density at radius 2 is 1.89 bits per heavy atom. The van der Waals surface area contributed by atoms with Crippen LogP contribution in [0.15, 0.2) is 54.2 Å². The molecule has 0 aliphatic rings. The van der Waals surface area contributed by atoms with Crippen LogP contribution in [0.2, 0.25) is 10.0 Å². The van der Waals surface area contributed by atoms with Gasteiger partial charge in [0.25, 0.3) is 0 Å². The molecule has 0 atom stereocenters. The smallest absolute Gasteiger partial charge is 0.329 e. The molecule has 0 spiro atoms. The van der Waals surface area contributed by atoms with Crippen LogP contribution in [-0.4, -0.2) is 31.7 Å². The highest BCUT2D eigenvalue weighted by Crippen LogP contribution is 2.27. The summed E-state index contributed by atoms with van der Waals surface area (Å²) in [5.74, 6) is -0.805. The normalized spacial score (nSPS) is 10.4. The van der Waals surface area contributed by atoms with Gasteiger partial charge in [0.1, 0.15) is 6.61 Å². The van der Waals surface area contributed by atoms with Gasteiger partial charge in [-0.2, -0.15) is 5.10 Å². The third-order valence-electron chi connectivity index (χ3n) is 3.31. The molecule has 0 heterocycles. The van der Waals surface area contributed by atoms with Crippen molar-refractivity contribution in [1.82, 2.24) is 5.43 Å². The summed E-state index contributed by atoms with van der Waals surface area (Å²) in [6, 6.07) is 9.54. The van der Waals surface area contributed by atoms with Crippen molar-refractivity contribution in [2.75, 3.05) is 19.0 Å². The lowest BCUT2D eigenvalue weighted by atomic mass is 10.2. The van der Waals surface area contributed by atoms with Crippen LogP contribution in [0.5, 0.6) is 11.5 Å². The molecular formula is C19H17Cl2N3O4. The Bertz CT molecular complexity index is 916. The number of carbonyl (C=O) groups excluding carboxylic acids is 2. The predicted octanol–water partition coefficient (Wildman–Crippen LogP) is 3.66. The number of anilines is 1. The molecule has 0 saturated heterocycles. The second kappa shape index (κ2) is 10.3. The topological polar surface area (TPSA) is 89.0 Å². The van der Waals surface area contributed by atoms with Crippen molar-refractivity contribution in [1.29, 1.82) is 0 Å². The summed E-state index contributed by atoms with van der Waals surface area (Å²) >= 11 is 11.7. The minimum atomic E-state index is -0.944. The van der Waals surface area contributed by atoms with Gasteiger partial charge in [-0.15, -0.1) is 0 Å². The maximum absolute atomic E-state index is 11.9. The molecule has 9 heteroatoms. The highest BCUT2D eigenvalue weighted by atomic mass is 35.5. The number of carbonyl (C=O) groups is 2. The molecular weight excluding hydrogens is 405 g/mol. The zero-order valence-electron chi connectivity index (χ0n) is 14.9. The highest BCUT2D eigenvalue weighted by molar-refractivity contribution is 6.42. The largest absolute Gasteiger partial charge is 0.493 e. The fraction of sp³-hybridized carbons (Fsp3) is 0.105. The van der Waals surface area contributed by atoms with E-state index in [1.165, 1.54) is 31.5 Å². The summed E-state index contributed by atoms with van der Waals surface area (Å²) in [6.07, 6.45) is 2.98. The Hall–Kier alpha value is -3.03. The van der Waals surface area contributed by atoms with Gasteiger partial charge >= 0.3 is 11.8 Å². The van der Waals surface area contributed by atoms with E-state index in [1.807, 2.05) is 0 Å². The van der Waals surface area contributed by atoms with E-state index in [0.29, 0.717) is 34.4 Å². The van der Waals surface area contributed by atoms with Crippen molar-refractivity contribution >= 4 is 46.9 Å². The molecule has 0 aliphatic carbocycles. The zero-order chi connectivity index (χ0) is 20.5. The summed E-state index contributed by atoms with van der Waals surface area (Å²) < 4.78 is 10.7. The zero-order valence-corrected chi connectivity index (χ0v) is 16.4. The van der Waals surface area contributed by atoms with Crippen molar-refractivity contribution in [3.63, 3.8) is 0 Å². The molecule has 0 aromatic heterocycles. The SMILES string of the molecule is C=CCOc1ccc(/C=N\NC(=O)C(=O)Nc2ccc(Cl)c(Cl)c2)cc1OC. The third kappa shape index (κ3) is 6.00. The van der Waals surface area contributed by atoms with Crippen LogP contribution in [0.25, 0.3) is 0 Å². The van der Waals surface area contributed by atoms with Crippen LogP contribution >= 0.6 is 23.2 Å². The second-order valence-electron chi connectivity index (χ2n) is 5.29. The quantitative estimate of drug-likeness (QED) is 0.309. The van der Waals surface area contributed by atoms with E-state index in [-0.39, 0.29) is 5.02 Å². The number of amides is 2. The number of methoxy groups -OCH3 is 1. The minimum absolute atomic E-state index is 0.257. The van der Waals surface area contributed by atoms with Gasteiger partial charge in [-0.3, -0.25) is 9.59 Å². The Morgan fingerprint density at radius 1 is 1.11 bits per heavy atom. The van der Waals surface area contributed by atoms with Crippen LogP contribution in [0.1, 0.15) is 5.56 Å². The van der Waals surface area contributed by atoms with Crippen LogP contribution in [0.4, 0.5) is 5.69 Å². The van der Waals surface area contributed by atoms with Crippen molar-refractivity contribution in [3.05, 3.63) is 64.7 Å². The standard InChI is InChI=1S/C19H17Cl2N3O4/c1-3-8-28-16-7-4-12(9-17(16)27-2)11-22-24-19(26)18(25)23-13-5-6-14(20)15(21)10-13/h3-7,9-11H,1,8H2,2H3,(H,23,25)(H,24,26)/b22-11-. The van der Waals surface area contributed by atoms with Crippen LogP contribution < -0.4 is 20.2 Å². The van der Waals surface area contributed by atoms with Gasteiger partial charge in [0.2, 0.25) is 0 Å². The summed E-state index contributed by atoms with van der Waals surface area (Å²) in [7, 11) is 1.51. The number of ether oxygens (including phenoxy) is 2. The lowest BCUT2D eigenvalue weighted by Crippen LogP contribution is -2.32. The Kier molecular flexibility index (Phi) is 7.86. The maximum atomic E-state index is 11.9. The van der Waals surface area contributed by atoms with Crippen LogP contribution in [0, 0.1) is 0 Å². The molecule has 0 aliphatic heterocycles. The number of halogens is 2. The molecule has 2 rings (SSSR count). The fourth-order valence-corrected chi connectivity index (χ4v) is 2.31. The summed E-state index contributed by atoms with van der Waals surface area (Å²) in [4.78, 5) is 23.7. The molecule has 2 aromatic carbocycles. The van der Waals surface area contributed by atoms with E-state index >= 15 is 0 Å². The Balaban J connectivity index is 1.95. The Morgan fingerprint density at radius 3 is 2.57 bits per heavy atom. The fourth-order valence-electron chi connectivity index (χ4n) is 2.01. The first-order valence-corrected chi connectivity index (χ1v) is 8.71. The lowest BCUT2D eigenvalue weighted by Gasteiger charge is -2.09. The number of hydrazone groups is 1. The van der Waals surface area contributed by atoms with Gasteiger partial charge in [0.15, 0.2) is 11.5 Å². The van der Waals surface area contributed by atoms with Crippen molar-refractivity contribution in [2.45, 2.75) is 0 Å². The minimum Gasteiger partial charge on any atom is -0.493 e. The second-order valence-corrected chi connectivity index (χ2v) is 6.11. The van der Waals surface area contributed by atoms with Gasteiger partial charge in [0, 0.05) is 5.69 Å². The number of rotatable bonds is 7. The van der Waals surface area contributed by atoms with E-state index in [4.69, 9.17) is 32.7 Å². The number of hydrogen-bond donors (Lipinski definition) is 2. The van der Waals surface area contributed by atoms with Gasteiger partial charge in [-0.05, 0) is 42.0 Å². The molecule has 2 aromatic rings. The van der Waals surface area contributed by atoms with Gasteiger partial charge in [-0.1, -0.05) is 35.9 Å². The number of hydrogen-bond acceptors (Lipinski definition) is 5. The molecule has 0 fully saturated rings. The third-order valence-corrected chi connectivity index (χ3v) is 4.05. The molecule has 0 radical (unpaired) electrons. The molecule has 2 N–H and O–H groups in total. The number of nitrogens with one attached hydrogen (secondary N) is 2. The molecule has 2 amide bonds. The lowest BCUT2D eigenvalue weighted by molar-refractivity contribution is -0.136. The first-order chi connectivity index (χ1) is 13.4. The molecule has 7 nitrogen and oxygen atoms in total. The van der Waals surface area contributed by atoms with E-state index in [1.54, 1.807) is 24.3 Å². The van der Waals surface area contributed by atoms with Gasteiger partial charge < -0.3 is 14.8 Å². The predicted molar refractivity (Wildman–Crippen MR) is 110 cm³/mol.